The van der Waals surface area contributed by atoms with Crippen molar-refractivity contribution in [3.05, 3.63) is 17.8 Å². The van der Waals surface area contributed by atoms with Crippen LogP contribution in [0.2, 0.25) is 0 Å². The molecule has 0 bridgehead atoms. The van der Waals surface area contributed by atoms with E-state index in [1.165, 1.54) is 7.11 Å². The van der Waals surface area contributed by atoms with Gasteiger partial charge in [-0.2, -0.15) is 0 Å². The van der Waals surface area contributed by atoms with Gasteiger partial charge in [-0.3, -0.25) is 0 Å². The zero-order valence-corrected chi connectivity index (χ0v) is 10.0. The van der Waals surface area contributed by atoms with E-state index in [1.54, 1.807) is 12.1 Å². The van der Waals surface area contributed by atoms with Crippen molar-refractivity contribution in [2.75, 3.05) is 31.6 Å². The Bertz CT molecular complexity index is 389. The molecule has 0 unspecified atom stereocenters. The molecule has 1 aromatic heterocycles. The average molecular weight is 236 g/mol. The number of hydrogen-bond donors (Lipinski definition) is 1. The van der Waals surface area contributed by atoms with Crippen LogP contribution in [-0.4, -0.2) is 49.0 Å². The van der Waals surface area contributed by atoms with Gasteiger partial charge in [0.05, 0.1) is 13.2 Å². The number of ether oxygens (including phenoxy) is 1. The lowest BCUT2D eigenvalue weighted by Gasteiger charge is -2.38. The van der Waals surface area contributed by atoms with Gasteiger partial charge in [0.25, 0.3) is 0 Å². The van der Waals surface area contributed by atoms with Crippen LogP contribution in [0.15, 0.2) is 12.1 Å². The Hall–Kier alpha value is -1.69. The summed E-state index contributed by atoms with van der Waals surface area (Å²) in [5.74, 6) is 0.337. The molecule has 1 N–H and O–H groups in total. The highest BCUT2D eigenvalue weighted by Gasteiger charge is 2.24. The first-order valence-electron chi connectivity index (χ1n) is 5.65. The van der Waals surface area contributed by atoms with E-state index >= 15 is 0 Å². The Balaban J connectivity index is 2.12. The average Bonchev–Trinajstić information content (AvgIpc) is 2.32. The Labute approximate surface area is 100.0 Å². The Kier molecular flexibility index (Phi) is 3.53. The standard InChI is InChI=1S/C11H16N4O2/c1-3-15(8-6-12-7-8)10-5-4-9(13-14-10)11(16)17-2/h4-5,8,12H,3,6-7H2,1-2H3. The minimum Gasteiger partial charge on any atom is -0.464 e. The maximum Gasteiger partial charge on any atom is 0.358 e. The highest BCUT2D eigenvalue weighted by Crippen LogP contribution is 2.15. The molecule has 0 atom stereocenters. The number of carbonyl (C=O) groups is 1. The number of methoxy groups -OCH3 is 1. The van der Waals surface area contributed by atoms with Crippen molar-refractivity contribution in [3.8, 4) is 0 Å². The van der Waals surface area contributed by atoms with E-state index in [1.807, 2.05) is 0 Å². The summed E-state index contributed by atoms with van der Waals surface area (Å²) in [7, 11) is 1.33. The molecule has 92 valence electrons. The van der Waals surface area contributed by atoms with Crippen molar-refractivity contribution in [3.63, 3.8) is 0 Å². The molecule has 1 saturated heterocycles. The number of carbonyl (C=O) groups excluding carboxylic acids is 1. The molecular formula is C11H16N4O2. The maximum absolute atomic E-state index is 11.2. The van der Waals surface area contributed by atoms with Crippen LogP contribution in [-0.2, 0) is 4.74 Å². The summed E-state index contributed by atoms with van der Waals surface area (Å²) >= 11 is 0. The van der Waals surface area contributed by atoms with Gasteiger partial charge < -0.3 is 15.0 Å². The van der Waals surface area contributed by atoms with Crippen LogP contribution in [0.5, 0.6) is 0 Å². The molecule has 17 heavy (non-hydrogen) atoms. The van der Waals surface area contributed by atoms with E-state index in [4.69, 9.17) is 0 Å². The van der Waals surface area contributed by atoms with E-state index < -0.39 is 5.97 Å². The summed E-state index contributed by atoms with van der Waals surface area (Å²) in [5.41, 5.74) is 0.235. The van der Waals surface area contributed by atoms with Crippen molar-refractivity contribution >= 4 is 11.8 Å². The third kappa shape index (κ3) is 2.36. The molecule has 6 nitrogen and oxygen atoms in total. The van der Waals surface area contributed by atoms with E-state index in [-0.39, 0.29) is 5.69 Å². The molecule has 2 rings (SSSR count). The number of rotatable bonds is 4. The van der Waals surface area contributed by atoms with Gasteiger partial charge >= 0.3 is 5.97 Å². The smallest absolute Gasteiger partial charge is 0.358 e. The predicted octanol–water partition coefficient (Wildman–Crippen LogP) is 0.0613. The number of likely N-dealkylation sites (N-methyl/N-ethyl adjacent to an activating group) is 1. The minimum atomic E-state index is -0.461. The summed E-state index contributed by atoms with van der Waals surface area (Å²) in [6, 6.07) is 3.92. The fourth-order valence-corrected chi connectivity index (χ4v) is 1.79. The lowest BCUT2D eigenvalue weighted by Crippen LogP contribution is -2.57. The summed E-state index contributed by atoms with van der Waals surface area (Å²) < 4.78 is 4.58. The van der Waals surface area contributed by atoms with Crippen molar-refractivity contribution in [1.29, 1.82) is 0 Å². The number of nitrogens with zero attached hydrogens (tertiary/aromatic N) is 3. The second-order valence-electron chi connectivity index (χ2n) is 3.87. The zero-order chi connectivity index (χ0) is 12.3. The third-order valence-corrected chi connectivity index (χ3v) is 2.88. The van der Waals surface area contributed by atoms with Crippen LogP contribution >= 0.6 is 0 Å². The van der Waals surface area contributed by atoms with Crippen LogP contribution in [0.3, 0.4) is 0 Å². The summed E-state index contributed by atoms with van der Waals surface area (Å²) in [5, 5.41) is 11.2. The van der Waals surface area contributed by atoms with Crippen LogP contribution in [0.25, 0.3) is 0 Å². The number of aromatic nitrogens is 2. The fraction of sp³-hybridized carbons (Fsp3) is 0.545. The zero-order valence-electron chi connectivity index (χ0n) is 10.0. The summed E-state index contributed by atoms with van der Waals surface area (Å²) in [4.78, 5) is 13.4. The van der Waals surface area contributed by atoms with Gasteiger partial charge in [-0.05, 0) is 19.1 Å². The van der Waals surface area contributed by atoms with Gasteiger partial charge in [0, 0.05) is 19.6 Å². The molecule has 0 aliphatic carbocycles. The molecule has 0 radical (unpaired) electrons. The first kappa shape index (κ1) is 11.8. The van der Waals surface area contributed by atoms with Crippen molar-refractivity contribution in [2.45, 2.75) is 13.0 Å². The first-order chi connectivity index (χ1) is 8.26. The Morgan fingerprint density at radius 1 is 1.53 bits per heavy atom. The summed E-state index contributed by atoms with van der Waals surface area (Å²) in [6.45, 7) is 4.88. The van der Waals surface area contributed by atoms with Gasteiger partial charge in [-0.25, -0.2) is 4.79 Å². The van der Waals surface area contributed by atoms with Crippen molar-refractivity contribution in [2.24, 2.45) is 0 Å². The monoisotopic (exact) mass is 236 g/mol. The molecule has 6 heteroatoms. The molecular weight excluding hydrogens is 220 g/mol. The predicted molar refractivity (Wildman–Crippen MR) is 63.0 cm³/mol. The molecule has 0 amide bonds. The van der Waals surface area contributed by atoms with Crippen LogP contribution in [0, 0.1) is 0 Å². The topological polar surface area (TPSA) is 67.4 Å². The van der Waals surface area contributed by atoms with E-state index in [0.717, 1.165) is 25.5 Å². The molecule has 1 fully saturated rings. The normalized spacial score (nSPS) is 15.2. The molecule has 1 aliphatic rings. The number of nitrogens with one attached hydrogen (secondary N) is 1. The number of esters is 1. The van der Waals surface area contributed by atoms with Crippen LogP contribution < -0.4 is 10.2 Å². The molecule has 1 aliphatic heterocycles. The largest absolute Gasteiger partial charge is 0.464 e. The third-order valence-electron chi connectivity index (χ3n) is 2.88. The second-order valence-corrected chi connectivity index (χ2v) is 3.87. The minimum absolute atomic E-state index is 0.235. The van der Waals surface area contributed by atoms with Gasteiger partial charge in [0.15, 0.2) is 11.5 Å². The molecule has 0 spiro atoms. The lowest BCUT2D eigenvalue weighted by atomic mass is 10.1. The maximum atomic E-state index is 11.2. The highest BCUT2D eigenvalue weighted by molar-refractivity contribution is 5.86. The lowest BCUT2D eigenvalue weighted by molar-refractivity contribution is 0.0592. The van der Waals surface area contributed by atoms with Gasteiger partial charge in [0.1, 0.15) is 0 Å². The van der Waals surface area contributed by atoms with Gasteiger partial charge in [-0.15, -0.1) is 10.2 Å². The van der Waals surface area contributed by atoms with Crippen molar-refractivity contribution < 1.29 is 9.53 Å². The van der Waals surface area contributed by atoms with E-state index in [9.17, 15) is 4.79 Å². The quantitative estimate of drug-likeness (QED) is 0.746. The van der Waals surface area contributed by atoms with Gasteiger partial charge in [0.2, 0.25) is 0 Å². The second kappa shape index (κ2) is 5.09. The van der Waals surface area contributed by atoms with Gasteiger partial charge in [-0.1, -0.05) is 0 Å². The number of anilines is 1. The molecule has 2 heterocycles. The van der Waals surface area contributed by atoms with Crippen LogP contribution in [0.1, 0.15) is 17.4 Å². The molecule has 1 aromatic rings. The SMILES string of the molecule is CCN(c1ccc(C(=O)OC)nn1)C1CNC1. The summed E-state index contributed by atoms with van der Waals surface area (Å²) in [6.07, 6.45) is 0. The highest BCUT2D eigenvalue weighted by atomic mass is 16.5. The van der Waals surface area contributed by atoms with E-state index in [2.05, 4.69) is 32.1 Å². The number of hydrogen-bond acceptors (Lipinski definition) is 6. The van der Waals surface area contributed by atoms with E-state index in [0.29, 0.717) is 6.04 Å². The fourth-order valence-electron chi connectivity index (χ4n) is 1.79. The van der Waals surface area contributed by atoms with Crippen molar-refractivity contribution in [1.82, 2.24) is 15.5 Å². The first-order valence-corrected chi connectivity index (χ1v) is 5.65. The molecule has 0 aromatic carbocycles. The molecule has 0 saturated carbocycles. The van der Waals surface area contributed by atoms with Crippen LogP contribution in [0.4, 0.5) is 5.82 Å². The Morgan fingerprint density at radius 2 is 2.29 bits per heavy atom. The Morgan fingerprint density at radius 3 is 2.71 bits per heavy atom.